The van der Waals surface area contributed by atoms with Gasteiger partial charge in [0.05, 0.1) is 22.0 Å². The second-order valence-corrected chi connectivity index (χ2v) is 9.07. The van der Waals surface area contributed by atoms with E-state index < -0.39 is 21.7 Å². The summed E-state index contributed by atoms with van der Waals surface area (Å²) in [4.78, 5) is 8.62. The molecule has 0 amide bonds. The second-order valence-electron chi connectivity index (χ2n) is 6.83. The Balaban J connectivity index is 1.85. The largest absolute Gasteiger partial charge is 0.435 e. The fraction of sp³-hybridized carbons (Fsp3) is 0.316. The smallest absolute Gasteiger partial charge is 0.245 e. The number of aromatic nitrogens is 4. The molecule has 3 heterocycles. The number of pyridine rings is 1. The third-order valence-electron chi connectivity index (χ3n) is 4.61. The normalized spacial score (nSPS) is 15.4. The molecule has 0 saturated heterocycles. The van der Waals surface area contributed by atoms with Crippen molar-refractivity contribution in [2.24, 2.45) is 5.92 Å². The predicted octanol–water partition coefficient (Wildman–Crippen LogP) is 4.03. The van der Waals surface area contributed by atoms with Crippen molar-refractivity contribution in [1.29, 1.82) is 0 Å². The highest BCUT2D eigenvalue weighted by atomic mass is 32.2. The van der Waals surface area contributed by atoms with Crippen LogP contribution in [0.4, 0.5) is 13.2 Å². The monoisotopic (exact) mass is 422 g/mol. The SMILES string of the molecule is CCS(=O)(=O)c1ccc(/C=C/C2CC2)nc1-c1ccn2nc(C(F)(F)F)cc2n1. The van der Waals surface area contributed by atoms with Gasteiger partial charge in [-0.1, -0.05) is 13.0 Å². The van der Waals surface area contributed by atoms with E-state index in [1.807, 2.05) is 12.2 Å². The molecule has 10 heteroatoms. The van der Waals surface area contributed by atoms with Gasteiger partial charge in [-0.15, -0.1) is 0 Å². The Labute approximate surface area is 165 Å². The lowest BCUT2D eigenvalue weighted by Crippen LogP contribution is -2.08. The highest BCUT2D eigenvalue weighted by Crippen LogP contribution is 2.32. The third kappa shape index (κ3) is 4.02. The van der Waals surface area contributed by atoms with Crippen LogP contribution in [0.3, 0.4) is 0 Å². The summed E-state index contributed by atoms with van der Waals surface area (Å²) in [5.74, 6) is 0.382. The summed E-state index contributed by atoms with van der Waals surface area (Å²) >= 11 is 0. The minimum absolute atomic E-state index is 0.00372. The maximum Gasteiger partial charge on any atom is 0.435 e. The second kappa shape index (κ2) is 6.94. The first-order chi connectivity index (χ1) is 13.7. The molecule has 1 aliphatic carbocycles. The Morgan fingerprint density at radius 1 is 1.21 bits per heavy atom. The standard InChI is InChI=1S/C19H17F3N4O2S/c1-2-29(27,28)15-8-7-13(6-5-12-3-4-12)23-18(15)14-9-10-26-17(24-14)11-16(25-26)19(20,21)22/h5-12H,2-4H2,1H3/b6-5+. The number of nitrogens with zero attached hydrogens (tertiary/aromatic N) is 4. The Bertz CT molecular complexity index is 1210. The third-order valence-corrected chi connectivity index (χ3v) is 6.37. The molecular formula is C19H17F3N4O2S. The molecule has 152 valence electrons. The molecule has 1 fully saturated rings. The van der Waals surface area contributed by atoms with E-state index >= 15 is 0 Å². The number of alkyl halides is 3. The van der Waals surface area contributed by atoms with Crippen LogP contribution in [0, 0.1) is 5.92 Å². The molecule has 0 aromatic carbocycles. The van der Waals surface area contributed by atoms with Crippen molar-refractivity contribution < 1.29 is 21.6 Å². The molecule has 1 saturated carbocycles. The molecule has 3 aromatic heterocycles. The number of halogens is 3. The summed E-state index contributed by atoms with van der Waals surface area (Å²) in [7, 11) is -3.61. The number of fused-ring (bicyclic) bond motifs is 1. The summed E-state index contributed by atoms with van der Waals surface area (Å²) in [6.07, 6.45) is 2.78. The van der Waals surface area contributed by atoms with Crippen LogP contribution in [0.1, 0.15) is 31.2 Å². The minimum atomic E-state index is -4.60. The molecule has 0 N–H and O–H groups in total. The van der Waals surface area contributed by atoms with Gasteiger partial charge in [0.2, 0.25) is 0 Å². The van der Waals surface area contributed by atoms with E-state index in [0.717, 1.165) is 23.4 Å². The number of sulfone groups is 1. The molecule has 0 bridgehead atoms. The molecule has 0 spiro atoms. The van der Waals surface area contributed by atoms with Crippen LogP contribution in [-0.4, -0.2) is 33.8 Å². The van der Waals surface area contributed by atoms with Gasteiger partial charge in [-0.25, -0.2) is 22.9 Å². The zero-order valence-electron chi connectivity index (χ0n) is 15.4. The maximum absolute atomic E-state index is 12.9. The van der Waals surface area contributed by atoms with Gasteiger partial charge >= 0.3 is 6.18 Å². The summed E-state index contributed by atoms with van der Waals surface area (Å²) in [6, 6.07) is 5.31. The Morgan fingerprint density at radius 3 is 2.62 bits per heavy atom. The van der Waals surface area contributed by atoms with Crippen LogP contribution < -0.4 is 0 Å². The van der Waals surface area contributed by atoms with Crippen molar-refractivity contribution in [3.05, 3.63) is 47.9 Å². The van der Waals surface area contributed by atoms with Crippen LogP contribution in [0.2, 0.25) is 0 Å². The number of rotatable bonds is 5. The molecule has 4 rings (SSSR count). The molecular weight excluding hydrogens is 405 g/mol. The topological polar surface area (TPSA) is 77.2 Å². The lowest BCUT2D eigenvalue weighted by atomic mass is 10.2. The first kappa shape index (κ1) is 19.6. The van der Waals surface area contributed by atoms with Gasteiger partial charge in [0.25, 0.3) is 0 Å². The average Bonchev–Trinajstić information content (AvgIpc) is 3.40. The van der Waals surface area contributed by atoms with E-state index in [1.54, 1.807) is 6.07 Å². The quantitative estimate of drug-likeness (QED) is 0.621. The fourth-order valence-corrected chi connectivity index (χ4v) is 3.85. The Hall–Kier alpha value is -2.75. The minimum Gasteiger partial charge on any atom is -0.245 e. The molecule has 3 aromatic rings. The Kier molecular flexibility index (Phi) is 4.68. The van der Waals surface area contributed by atoms with Crippen molar-refractivity contribution in [3.63, 3.8) is 0 Å². The summed E-state index contributed by atoms with van der Waals surface area (Å²) in [5.41, 5.74) is -0.275. The molecule has 0 atom stereocenters. The molecule has 1 aliphatic rings. The van der Waals surface area contributed by atoms with Gasteiger partial charge in [0.15, 0.2) is 21.2 Å². The van der Waals surface area contributed by atoms with Crippen LogP contribution in [0.15, 0.2) is 41.4 Å². The highest BCUT2D eigenvalue weighted by Gasteiger charge is 2.34. The fourth-order valence-electron chi connectivity index (χ4n) is 2.82. The van der Waals surface area contributed by atoms with Gasteiger partial charge in [0, 0.05) is 12.3 Å². The van der Waals surface area contributed by atoms with E-state index in [9.17, 15) is 21.6 Å². The van der Waals surface area contributed by atoms with Gasteiger partial charge < -0.3 is 0 Å². The molecule has 29 heavy (non-hydrogen) atoms. The van der Waals surface area contributed by atoms with Crippen LogP contribution in [0.25, 0.3) is 23.1 Å². The van der Waals surface area contributed by atoms with Gasteiger partial charge in [-0.05, 0) is 43.0 Å². The maximum atomic E-state index is 12.9. The summed E-state index contributed by atoms with van der Waals surface area (Å²) in [6.45, 7) is 1.52. The van der Waals surface area contributed by atoms with Crippen LogP contribution in [0.5, 0.6) is 0 Å². The molecule has 6 nitrogen and oxygen atoms in total. The van der Waals surface area contributed by atoms with E-state index in [-0.39, 0.29) is 27.7 Å². The van der Waals surface area contributed by atoms with Crippen molar-refractivity contribution >= 4 is 21.6 Å². The van der Waals surface area contributed by atoms with Gasteiger partial charge in [-0.2, -0.15) is 18.3 Å². The Morgan fingerprint density at radius 2 is 1.97 bits per heavy atom. The molecule has 0 unspecified atom stereocenters. The lowest BCUT2D eigenvalue weighted by molar-refractivity contribution is -0.141. The highest BCUT2D eigenvalue weighted by molar-refractivity contribution is 7.91. The summed E-state index contributed by atoms with van der Waals surface area (Å²) < 4.78 is 64.8. The van der Waals surface area contributed by atoms with Crippen molar-refractivity contribution in [3.8, 4) is 11.4 Å². The summed E-state index contributed by atoms with van der Waals surface area (Å²) in [5, 5.41) is 3.46. The van der Waals surface area contributed by atoms with Gasteiger partial charge in [0.1, 0.15) is 5.69 Å². The lowest BCUT2D eigenvalue weighted by Gasteiger charge is -2.09. The first-order valence-corrected chi connectivity index (χ1v) is 10.7. The van der Waals surface area contributed by atoms with Gasteiger partial charge in [-0.3, -0.25) is 0 Å². The van der Waals surface area contributed by atoms with E-state index in [1.165, 1.54) is 25.3 Å². The van der Waals surface area contributed by atoms with E-state index in [4.69, 9.17) is 0 Å². The molecule has 0 aliphatic heterocycles. The average molecular weight is 422 g/mol. The predicted molar refractivity (Wildman–Crippen MR) is 101 cm³/mol. The zero-order valence-corrected chi connectivity index (χ0v) is 16.2. The number of hydrogen-bond donors (Lipinski definition) is 0. The van der Waals surface area contributed by atoms with Crippen molar-refractivity contribution in [2.75, 3.05) is 5.75 Å². The van der Waals surface area contributed by atoms with E-state index in [2.05, 4.69) is 15.1 Å². The van der Waals surface area contributed by atoms with E-state index in [0.29, 0.717) is 11.6 Å². The first-order valence-electron chi connectivity index (χ1n) is 9.03. The number of allylic oxidation sites excluding steroid dienone is 1. The van der Waals surface area contributed by atoms with Crippen molar-refractivity contribution in [2.45, 2.75) is 30.8 Å². The van der Waals surface area contributed by atoms with Crippen molar-refractivity contribution in [1.82, 2.24) is 19.6 Å². The van der Waals surface area contributed by atoms with Crippen LogP contribution >= 0.6 is 0 Å². The zero-order chi connectivity index (χ0) is 20.8. The van der Waals surface area contributed by atoms with Crippen LogP contribution in [-0.2, 0) is 16.0 Å². The number of hydrogen-bond acceptors (Lipinski definition) is 5. The molecule has 0 radical (unpaired) electrons.